The number of hydrogen-bond donors (Lipinski definition) is 0. The lowest BCUT2D eigenvalue weighted by Crippen LogP contribution is -2.02. The summed E-state index contributed by atoms with van der Waals surface area (Å²) in [5.74, 6) is 0. The van der Waals surface area contributed by atoms with Gasteiger partial charge < -0.3 is 9.13 Å². The van der Waals surface area contributed by atoms with E-state index in [9.17, 15) is 5.26 Å². The van der Waals surface area contributed by atoms with Crippen molar-refractivity contribution >= 4 is 49.3 Å². The van der Waals surface area contributed by atoms with Crippen LogP contribution in [0, 0.1) is 52.5 Å². The number of rotatable bonds is 8. The molecule has 0 saturated carbocycles. The molecule has 0 spiro atoms. The average Bonchev–Trinajstić information content (AvgIpc) is 3.98. The monoisotopic (exact) mass is 984 g/mol. The second-order valence-corrected chi connectivity index (χ2v) is 20.5. The van der Waals surface area contributed by atoms with Crippen LogP contribution in [0.5, 0.6) is 0 Å². The summed E-state index contributed by atoms with van der Waals surface area (Å²) >= 11 is 0. The van der Waals surface area contributed by atoms with E-state index in [1.807, 2.05) is 18.2 Å². The van der Waals surface area contributed by atoms with Crippen LogP contribution >= 0.6 is 0 Å². The van der Waals surface area contributed by atoms with Crippen molar-refractivity contribution in [2.24, 2.45) is 0 Å². The van der Waals surface area contributed by atoms with Gasteiger partial charge in [0.1, 0.15) is 0 Å². The maximum Gasteiger partial charge on any atom is 0.189 e. The third kappa shape index (κ3) is 7.90. The third-order valence-electron chi connectivity index (χ3n) is 15.9. The van der Waals surface area contributed by atoms with Crippen molar-refractivity contribution in [3.63, 3.8) is 0 Å². The van der Waals surface area contributed by atoms with Crippen molar-refractivity contribution in [2.75, 3.05) is 0 Å². The predicted molar refractivity (Wildman–Crippen MR) is 322 cm³/mol. The first-order chi connectivity index (χ1) is 37.6. The van der Waals surface area contributed by atoms with Gasteiger partial charge in [-0.05, 0) is 191 Å². The number of aromatic nitrogens is 2. The SMILES string of the molecule is [C-]#[N+]c1ccc(-c2ccc(-c3ccc(C#N)cc3C)cc2-n2c3ccc(-c4ccccc4C)cc3c3cc(-c4ccccc4C)ccc32)c(-n2c3ccc(-c4ccccc4C)cc3c3cc(-c4ccccc4C)ccc32)c1. The van der Waals surface area contributed by atoms with E-state index in [4.69, 9.17) is 6.57 Å². The van der Waals surface area contributed by atoms with Gasteiger partial charge in [0.2, 0.25) is 0 Å². The van der Waals surface area contributed by atoms with Gasteiger partial charge >= 0.3 is 0 Å². The fourth-order valence-corrected chi connectivity index (χ4v) is 12.0. The summed E-state index contributed by atoms with van der Waals surface area (Å²) in [5, 5.41) is 14.5. The lowest BCUT2D eigenvalue weighted by Gasteiger charge is -2.21. The third-order valence-corrected chi connectivity index (χ3v) is 15.9. The average molecular weight is 985 g/mol. The second kappa shape index (κ2) is 18.7. The summed E-state index contributed by atoms with van der Waals surface area (Å²) in [7, 11) is 0. The van der Waals surface area contributed by atoms with Crippen molar-refractivity contribution in [2.45, 2.75) is 34.6 Å². The molecule has 364 valence electrons. The molecule has 0 radical (unpaired) electrons. The zero-order valence-corrected chi connectivity index (χ0v) is 43.7. The van der Waals surface area contributed by atoms with Gasteiger partial charge in [0.15, 0.2) is 5.69 Å². The zero-order chi connectivity index (χ0) is 52.5. The Bertz CT molecular complexity index is 4450. The molecule has 77 heavy (non-hydrogen) atoms. The van der Waals surface area contributed by atoms with Crippen LogP contribution in [-0.4, -0.2) is 9.13 Å². The smallest absolute Gasteiger partial charge is 0.189 e. The summed E-state index contributed by atoms with van der Waals surface area (Å²) in [6.07, 6.45) is 0. The van der Waals surface area contributed by atoms with Gasteiger partial charge in [0.05, 0.1) is 46.0 Å². The highest BCUT2D eigenvalue weighted by molar-refractivity contribution is 6.14. The Balaban J connectivity index is 1.12. The van der Waals surface area contributed by atoms with Crippen LogP contribution in [0.3, 0.4) is 0 Å². The topological polar surface area (TPSA) is 38.0 Å². The lowest BCUT2D eigenvalue weighted by molar-refractivity contribution is 1.16. The molecule has 13 rings (SSSR count). The molecule has 11 aromatic carbocycles. The van der Waals surface area contributed by atoms with Crippen molar-refractivity contribution < 1.29 is 0 Å². The minimum atomic E-state index is 0.558. The van der Waals surface area contributed by atoms with E-state index in [0.29, 0.717) is 11.3 Å². The first-order valence-corrected chi connectivity index (χ1v) is 26.2. The highest BCUT2D eigenvalue weighted by atomic mass is 15.0. The van der Waals surface area contributed by atoms with Crippen molar-refractivity contribution in [3.05, 3.63) is 269 Å². The Morgan fingerprint density at radius 3 is 1.01 bits per heavy atom. The van der Waals surface area contributed by atoms with E-state index in [2.05, 4.69) is 261 Å². The molecule has 0 unspecified atom stereocenters. The van der Waals surface area contributed by atoms with Gasteiger partial charge in [-0.2, -0.15) is 5.26 Å². The number of nitrogens with zero attached hydrogens (tertiary/aromatic N) is 4. The van der Waals surface area contributed by atoms with E-state index in [-0.39, 0.29) is 0 Å². The Morgan fingerprint density at radius 2 is 0.649 bits per heavy atom. The number of aryl methyl sites for hydroxylation is 5. The molecule has 13 aromatic rings. The normalized spacial score (nSPS) is 11.4. The van der Waals surface area contributed by atoms with Crippen LogP contribution in [0.1, 0.15) is 33.4 Å². The van der Waals surface area contributed by atoms with Crippen LogP contribution in [0.2, 0.25) is 0 Å². The van der Waals surface area contributed by atoms with Crippen LogP contribution in [0.25, 0.3) is 127 Å². The summed E-state index contributed by atoms with van der Waals surface area (Å²) in [5.41, 5.74) is 26.8. The molecule has 0 atom stereocenters. The summed E-state index contributed by atoms with van der Waals surface area (Å²) < 4.78 is 4.84. The predicted octanol–water partition coefficient (Wildman–Crippen LogP) is 19.8. The molecule has 2 aromatic heterocycles. The Kier molecular flexibility index (Phi) is 11.4. The minimum absolute atomic E-state index is 0.558. The van der Waals surface area contributed by atoms with Gasteiger partial charge in [-0.1, -0.05) is 152 Å². The van der Waals surface area contributed by atoms with E-state index in [1.54, 1.807) is 0 Å². The molecular formula is C73H52N4. The molecule has 4 nitrogen and oxygen atoms in total. The highest BCUT2D eigenvalue weighted by Crippen LogP contribution is 2.46. The first kappa shape index (κ1) is 46.8. The molecule has 0 saturated heterocycles. The Hall–Kier alpha value is -10.0. The zero-order valence-electron chi connectivity index (χ0n) is 43.7. The van der Waals surface area contributed by atoms with Gasteiger partial charge in [0.25, 0.3) is 0 Å². The molecule has 0 amide bonds. The van der Waals surface area contributed by atoms with Crippen molar-refractivity contribution in [1.82, 2.24) is 9.13 Å². The van der Waals surface area contributed by atoms with Crippen molar-refractivity contribution in [1.29, 1.82) is 5.26 Å². The molecule has 0 aliphatic rings. The molecule has 2 heterocycles. The number of benzene rings is 11. The second-order valence-electron chi connectivity index (χ2n) is 20.5. The fraction of sp³-hybridized carbons (Fsp3) is 0.0685. The van der Waals surface area contributed by atoms with Gasteiger partial charge in [0, 0.05) is 38.4 Å². The maximum atomic E-state index is 9.92. The van der Waals surface area contributed by atoms with Crippen molar-refractivity contribution in [3.8, 4) is 84.2 Å². The number of fused-ring (bicyclic) bond motifs is 6. The number of nitriles is 1. The summed E-state index contributed by atoms with van der Waals surface area (Å²) in [6.45, 7) is 19.2. The summed E-state index contributed by atoms with van der Waals surface area (Å²) in [4.78, 5) is 4.08. The van der Waals surface area contributed by atoms with Crippen LogP contribution in [-0.2, 0) is 0 Å². The van der Waals surface area contributed by atoms with E-state index < -0.39 is 0 Å². The standard InChI is InChI=1S/C73H52N4/c1-45-15-7-11-19-57(45)51-25-33-68-64(38-51)65-39-52(58-20-12-8-16-46(58)2)26-34-69(65)76(68)72-42-55(61-30-23-50(44-74)37-49(61)5)24-31-62(72)63-32-29-56(75-6)43-73(63)77-70-35-27-53(59-21-13-9-17-47(59)3)40-66(70)67-41-54(28-36-71(67)77)60-22-14-10-18-48(60)4/h7-43H,1-5H3. The summed E-state index contributed by atoms with van der Waals surface area (Å²) in [6, 6.07) is 83.3. The van der Waals surface area contributed by atoms with E-state index in [0.717, 1.165) is 105 Å². The molecule has 0 aliphatic carbocycles. The van der Waals surface area contributed by atoms with Gasteiger partial charge in [-0.3, -0.25) is 0 Å². The quantitative estimate of drug-likeness (QED) is 0.140. The highest BCUT2D eigenvalue weighted by Gasteiger charge is 2.24. The minimum Gasteiger partial charge on any atom is -0.310 e. The lowest BCUT2D eigenvalue weighted by atomic mass is 9.93. The maximum absolute atomic E-state index is 9.92. The van der Waals surface area contributed by atoms with E-state index >= 15 is 0 Å². The number of hydrogen-bond acceptors (Lipinski definition) is 1. The van der Waals surface area contributed by atoms with Crippen LogP contribution in [0.4, 0.5) is 5.69 Å². The fourth-order valence-electron chi connectivity index (χ4n) is 12.0. The Labute approximate surface area is 449 Å². The largest absolute Gasteiger partial charge is 0.310 e. The van der Waals surface area contributed by atoms with E-state index in [1.165, 1.54) is 44.5 Å². The van der Waals surface area contributed by atoms with Crippen LogP contribution in [0.15, 0.2) is 224 Å². The Morgan fingerprint density at radius 1 is 0.325 bits per heavy atom. The molecule has 0 fully saturated rings. The molecule has 4 heteroatoms. The first-order valence-electron chi connectivity index (χ1n) is 26.2. The molecular weight excluding hydrogens is 933 g/mol. The molecule has 0 bridgehead atoms. The van der Waals surface area contributed by atoms with Crippen LogP contribution < -0.4 is 0 Å². The van der Waals surface area contributed by atoms with Gasteiger partial charge in [-0.25, -0.2) is 4.85 Å². The molecule has 0 N–H and O–H groups in total. The molecule has 0 aliphatic heterocycles. The van der Waals surface area contributed by atoms with Gasteiger partial charge in [-0.15, -0.1) is 0 Å².